The number of aliphatic hydroxyl groups excluding tert-OH is 1. The molecule has 1 fully saturated rings. The molecule has 0 amide bonds. The molecule has 2 heterocycles. The van der Waals surface area contributed by atoms with Gasteiger partial charge in [-0.05, 0) is 38.4 Å². The number of aliphatic hydroxyl groups is 1. The first-order valence-corrected chi connectivity index (χ1v) is 6.37. The summed E-state index contributed by atoms with van der Waals surface area (Å²) < 4.78 is 0. The highest BCUT2D eigenvalue weighted by Gasteiger charge is 2.23. The fourth-order valence-corrected chi connectivity index (χ4v) is 2.40. The van der Waals surface area contributed by atoms with Gasteiger partial charge >= 0.3 is 0 Å². The van der Waals surface area contributed by atoms with Crippen molar-refractivity contribution in [2.45, 2.75) is 32.4 Å². The Balaban J connectivity index is 2.00. The first-order valence-electron chi connectivity index (χ1n) is 6.37. The minimum atomic E-state index is 0.257. The molecule has 0 saturated carbocycles. The van der Waals surface area contributed by atoms with Crippen LogP contribution in [-0.2, 0) is 6.54 Å². The monoisotopic (exact) mass is 235 g/mol. The molecule has 4 nitrogen and oxygen atoms in total. The third-order valence-corrected chi connectivity index (χ3v) is 3.27. The van der Waals surface area contributed by atoms with Gasteiger partial charge in [0, 0.05) is 31.0 Å². The zero-order valence-corrected chi connectivity index (χ0v) is 10.4. The minimum Gasteiger partial charge on any atom is -0.395 e. The summed E-state index contributed by atoms with van der Waals surface area (Å²) in [5.41, 5.74) is 2.20. The third kappa shape index (κ3) is 3.17. The van der Waals surface area contributed by atoms with E-state index in [2.05, 4.69) is 28.2 Å². The van der Waals surface area contributed by atoms with Crippen LogP contribution in [0.15, 0.2) is 18.3 Å². The number of anilines is 1. The Bertz CT molecular complexity index is 356. The van der Waals surface area contributed by atoms with Crippen LogP contribution in [0.25, 0.3) is 0 Å². The van der Waals surface area contributed by atoms with Crippen LogP contribution < -0.4 is 5.32 Å². The van der Waals surface area contributed by atoms with E-state index in [1.807, 2.05) is 12.3 Å². The molecule has 1 aromatic heterocycles. The van der Waals surface area contributed by atoms with E-state index in [-0.39, 0.29) is 6.61 Å². The SMILES string of the molecule is CCNc1ccnc(CN2CCCC2CO)c1. The normalized spacial score (nSPS) is 20.7. The molecule has 1 aliphatic rings. The standard InChI is InChI=1S/C13H21N3O/c1-2-14-11-5-6-15-12(8-11)9-16-7-3-4-13(16)10-17/h5-6,8,13,17H,2-4,7,9-10H2,1H3,(H,14,15). The number of aromatic nitrogens is 1. The second-order valence-electron chi connectivity index (χ2n) is 4.52. The van der Waals surface area contributed by atoms with Gasteiger partial charge in [0.15, 0.2) is 0 Å². The Kier molecular flexibility index (Phi) is 4.34. The van der Waals surface area contributed by atoms with Gasteiger partial charge in [0.2, 0.25) is 0 Å². The number of pyridine rings is 1. The second kappa shape index (κ2) is 5.98. The highest BCUT2D eigenvalue weighted by molar-refractivity contribution is 5.42. The lowest BCUT2D eigenvalue weighted by Gasteiger charge is -2.22. The highest BCUT2D eigenvalue weighted by atomic mass is 16.3. The van der Waals surface area contributed by atoms with Gasteiger partial charge in [0.05, 0.1) is 12.3 Å². The Morgan fingerprint density at radius 3 is 3.24 bits per heavy atom. The maximum absolute atomic E-state index is 9.28. The van der Waals surface area contributed by atoms with Gasteiger partial charge in [0.25, 0.3) is 0 Å². The summed E-state index contributed by atoms with van der Waals surface area (Å²) in [6, 6.07) is 4.40. The molecule has 1 aromatic rings. The Hall–Kier alpha value is -1.13. The van der Waals surface area contributed by atoms with Gasteiger partial charge in [-0.25, -0.2) is 0 Å². The average Bonchev–Trinajstić information content (AvgIpc) is 2.77. The molecular weight excluding hydrogens is 214 g/mol. The maximum Gasteiger partial charge on any atom is 0.0587 e. The van der Waals surface area contributed by atoms with Crippen LogP contribution in [0, 0.1) is 0 Å². The molecule has 1 unspecified atom stereocenters. The first kappa shape index (κ1) is 12.3. The lowest BCUT2D eigenvalue weighted by Crippen LogP contribution is -2.31. The fraction of sp³-hybridized carbons (Fsp3) is 0.615. The van der Waals surface area contributed by atoms with Crippen LogP contribution in [0.5, 0.6) is 0 Å². The Morgan fingerprint density at radius 1 is 1.59 bits per heavy atom. The van der Waals surface area contributed by atoms with Crippen molar-refractivity contribution in [2.75, 3.05) is 25.0 Å². The van der Waals surface area contributed by atoms with Crippen molar-refractivity contribution in [2.24, 2.45) is 0 Å². The van der Waals surface area contributed by atoms with Crippen molar-refractivity contribution in [1.82, 2.24) is 9.88 Å². The molecule has 0 spiro atoms. The van der Waals surface area contributed by atoms with Gasteiger partial charge in [0.1, 0.15) is 0 Å². The molecular formula is C13H21N3O. The summed E-state index contributed by atoms with van der Waals surface area (Å²) in [7, 11) is 0. The van der Waals surface area contributed by atoms with Crippen molar-refractivity contribution < 1.29 is 5.11 Å². The van der Waals surface area contributed by atoms with E-state index in [0.717, 1.165) is 37.4 Å². The van der Waals surface area contributed by atoms with Crippen molar-refractivity contribution in [3.05, 3.63) is 24.0 Å². The van der Waals surface area contributed by atoms with Crippen LogP contribution in [0.4, 0.5) is 5.69 Å². The highest BCUT2D eigenvalue weighted by Crippen LogP contribution is 2.19. The molecule has 0 aromatic carbocycles. The summed E-state index contributed by atoms with van der Waals surface area (Å²) in [6.45, 7) is 5.17. The molecule has 1 atom stereocenters. The van der Waals surface area contributed by atoms with Gasteiger partial charge in [-0.15, -0.1) is 0 Å². The lowest BCUT2D eigenvalue weighted by molar-refractivity contribution is 0.152. The van der Waals surface area contributed by atoms with E-state index in [4.69, 9.17) is 0 Å². The molecule has 1 saturated heterocycles. The van der Waals surface area contributed by atoms with Gasteiger partial charge in [-0.3, -0.25) is 9.88 Å². The van der Waals surface area contributed by atoms with E-state index in [1.165, 1.54) is 6.42 Å². The number of hydrogen-bond acceptors (Lipinski definition) is 4. The molecule has 2 N–H and O–H groups in total. The second-order valence-corrected chi connectivity index (χ2v) is 4.52. The maximum atomic E-state index is 9.28. The molecule has 17 heavy (non-hydrogen) atoms. The van der Waals surface area contributed by atoms with Gasteiger partial charge < -0.3 is 10.4 Å². The zero-order valence-electron chi connectivity index (χ0n) is 10.4. The Morgan fingerprint density at radius 2 is 2.47 bits per heavy atom. The molecule has 4 heteroatoms. The Labute approximate surface area is 103 Å². The smallest absolute Gasteiger partial charge is 0.0587 e. The minimum absolute atomic E-state index is 0.257. The average molecular weight is 235 g/mol. The van der Waals surface area contributed by atoms with Crippen molar-refractivity contribution in [3.63, 3.8) is 0 Å². The number of hydrogen-bond donors (Lipinski definition) is 2. The third-order valence-electron chi connectivity index (χ3n) is 3.27. The lowest BCUT2D eigenvalue weighted by atomic mass is 10.2. The number of rotatable bonds is 5. The molecule has 0 aliphatic carbocycles. The zero-order chi connectivity index (χ0) is 12.1. The number of nitrogens with one attached hydrogen (secondary N) is 1. The molecule has 2 rings (SSSR count). The molecule has 0 radical (unpaired) electrons. The summed E-state index contributed by atoms with van der Waals surface area (Å²) in [6.07, 6.45) is 4.12. The van der Waals surface area contributed by atoms with E-state index >= 15 is 0 Å². The van der Waals surface area contributed by atoms with E-state index in [9.17, 15) is 5.11 Å². The molecule has 94 valence electrons. The van der Waals surface area contributed by atoms with Crippen molar-refractivity contribution in [1.29, 1.82) is 0 Å². The van der Waals surface area contributed by atoms with Gasteiger partial charge in [-0.2, -0.15) is 0 Å². The van der Waals surface area contributed by atoms with E-state index < -0.39 is 0 Å². The van der Waals surface area contributed by atoms with Crippen molar-refractivity contribution in [3.8, 4) is 0 Å². The summed E-state index contributed by atoms with van der Waals surface area (Å²) in [4.78, 5) is 6.71. The molecule has 0 bridgehead atoms. The number of nitrogens with zero attached hydrogens (tertiary/aromatic N) is 2. The first-order chi connectivity index (χ1) is 8.33. The fourth-order valence-electron chi connectivity index (χ4n) is 2.40. The molecule has 1 aliphatic heterocycles. The predicted molar refractivity (Wildman–Crippen MR) is 68.9 cm³/mol. The van der Waals surface area contributed by atoms with Crippen LogP contribution in [0.1, 0.15) is 25.5 Å². The number of likely N-dealkylation sites (tertiary alicyclic amines) is 1. The van der Waals surface area contributed by atoms with Crippen molar-refractivity contribution >= 4 is 5.69 Å². The van der Waals surface area contributed by atoms with Crippen LogP contribution >= 0.6 is 0 Å². The largest absolute Gasteiger partial charge is 0.395 e. The predicted octanol–water partition coefficient (Wildman–Crippen LogP) is 1.47. The summed E-state index contributed by atoms with van der Waals surface area (Å²) in [5, 5.41) is 12.6. The van der Waals surface area contributed by atoms with Crippen LogP contribution in [0.2, 0.25) is 0 Å². The van der Waals surface area contributed by atoms with Crippen LogP contribution in [-0.4, -0.2) is 40.7 Å². The summed E-state index contributed by atoms with van der Waals surface area (Å²) in [5.74, 6) is 0. The quantitative estimate of drug-likeness (QED) is 0.811. The topological polar surface area (TPSA) is 48.4 Å². The summed E-state index contributed by atoms with van der Waals surface area (Å²) >= 11 is 0. The van der Waals surface area contributed by atoms with E-state index in [1.54, 1.807) is 0 Å². The van der Waals surface area contributed by atoms with Gasteiger partial charge in [-0.1, -0.05) is 0 Å². The van der Waals surface area contributed by atoms with Crippen LogP contribution in [0.3, 0.4) is 0 Å². The van der Waals surface area contributed by atoms with E-state index in [0.29, 0.717) is 6.04 Å².